The van der Waals surface area contributed by atoms with E-state index >= 15 is 0 Å². The Balaban J connectivity index is 1.84. The first-order chi connectivity index (χ1) is 16.0. The molecule has 16 nitrogen and oxygen atoms in total. The SMILES string of the molecule is OC[C@H]1O[C@@H](O[C@H]2[C@H](O[C@H]3O[C@H](CO)[C@@H](O)[C@H](O)[C@@H]3O)[C@H](O)[C@@H](O)O[C@@H]2CO)[C@H](O)[C@@H](O)[C@H]1O. The quantitative estimate of drug-likeness (QED) is 0.154. The minimum absolute atomic E-state index is 0.762. The van der Waals surface area contributed by atoms with Crippen LogP contribution >= 0.6 is 0 Å². The van der Waals surface area contributed by atoms with Crippen molar-refractivity contribution in [1.82, 2.24) is 0 Å². The predicted octanol–water partition coefficient (Wildman–Crippen LogP) is -7.57. The largest absolute Gasteiger partial charge is 0.394 e. The smallest absolute Gasteiger partial charge is 0.187 e. The predicted molar refractivity (Wildman–Crippen MR) is 101 cm³/mol. The van der Waals surface area contributed by atoms with Crippen LogP contribution in [-0.4, -0.2) is 168 Å². The lowest BCUT2D eigenvalue weighted by Crippen LogP contribution is -2.67. The van der Waals surface area contributed by atoms with Crippen LogP contribution in [0.25, 0.3) is 0 Å². The lowest BCUT2D eigenvalue weighted by Gasteiger charge is -2.48. The molecule has 3 rings (SSSR count). The van der Waals surface area contributed by atoms with E-state index in [1.807, 2.05) is 0 Å². The third kappa shape index (κ3) is 5.37. The van der Waals surface area contributed by atoms with E-state index in [2.05, 4.69) is 0 Å². The zero-order valence-corrected chi connectivity index (χ0v) is 17.7. The van der Waals surface area contributed by atoms with Gasteiger partial charge in [-0.15, -0.1) is 0 Å². The molecule has 0 radical (unpaired) electrons. The second kappa shape index (κ2) is 11.6. The summed E-state index contributed by atoms with van der Waals surface area (Å²) in [6, 6.07) is 0. The van der Waals surface area contributed by atoms with Crippen LogP contribution in [0.1, 0.15) is 0 Å². The van der Waals surface area contributed by atoms with E-state index in [9.17, 15) is 56.2 Å². The molecule has 200 valence electrons. The van der Waals surface area contributed by atoms with Gasteiger partial charge >= 0.3 is 0 Å². The molecule has 34 heavy (non-hydrogen) atoms. The van der Waals surface area contributed by atoms with E-state index in [1.54, 1.807) is 0 Å². The molecule has 0 unspecified atom stereocenters. The zero-order chi connectivity index (χ0) is 25.3. The van der Waals surface area contributed by atoms with Crippen LogP contribution in [0.2, 0.25) is 0 Å². The van der Waals surface area contributed by atoms with Crippen molar-refractivity contribution in [2.24, 2.45) is 0 Å². The van der Waals surface area contributed by atoms with Crippen LogP contribution in [0, 0.1) is 0 Å². The van der Waals surface area contributed by atoms with Crippen molar-refractivity contribution in [2.75, 3.05) is 19.8 Å². The van der Waals surface area contributed by atoms with Crippen LogP contribution < -0.4 is 0 Å². The summed E-state index contributed by atoms with van der Waals surface area (Å²) in [5.41, 5.74) is 0. The Morgan fingerprint density at radius 3 is 1.26 bits per heavy atom. The first kappa shape index (κ1) is 27.9. The van der Waals surface area contributed by atoms with Crippen LogP contribution in [-0.2, 0) is 23.7 Å². The third-order valence-corrected chi connectivity index (χ3v) is 6.09. The van der Waals surface area contributed by atoms with Gasteiger partial charge in [-0.05, 0) is 0 Å². The highest BCUT2D eigenvalue weighted by Crippen LogP contribution is 2.32. The number of aliphatic hydroxyl groups excluding tert-OH is 11. The Kier molecular flexibility index (Phi) is 9.54. The fraction of sp³-hybridized carbons (Fsp3) is 1.00. The molecular formula is C18H32O16. The molecule has 3 saturated heterocycles. The molecule has 11 N–H and O–H groups in total. The van der Waals surface area contributed by atoms with E-state index in [0.29, 0.717) is 0 Å². The lowest BCUT2D eigenvalue weighted by atomic mass is 9.96. The topological polar surface area (TPSA) is 269 Å². The van der Waals surface area contributed by atoms with Gasteiger partial charge in [-0.3, -0.25) is 0 Å². The number of rotatable bonds is 7. The van der Waals surface area contributed by atoms with Crippen molar-refractivity contribution in [3.63, 3.8) is 0 Å². The molecule has 0 aromatic rings. The number of aliphatic hydroxyl groups is 11. The minimum Gasteiger partial charge on any atom is -0.394 e. The first-order valence-electron chi connectivity index (χ1n) is 10.6. The number of hydrogen-bond acceptors (Lipinski definition) is 16. The van der Waals surface area contributed by atoms with Gasteiger partial charge in [-0.25, -0.2) is 0 Å². The van der Waals surface area contributed by atoms with Gasteiger partial charge in [0.1, 0.15) is 73.2 Å². The van der Waals surface area contributed by atoms with E-state index in [0.717, 1.165) is 0 Å². The number of hydrogen-bond donors (Lipinski definition) is 11. The van der Waals surface area contributed by atoms with Gasteiger partial charge in [0.2, 0.25) is 0 Å². The molecule has 0 amide bonds. The summed E-state index contributed by atoms with van der Waals surface area (Å²) in [6.45, 7) is -2.35. The molecule has 0 bridgehead atoms. The van der Waals surface area contributed by atoms with Crippen molar-refractivity contribution < 1.29 is 79.9 Å². The Hall–Kier alpha value is -0.640. The fourth-order valence-corrected chi connectivity index (χ4v) is 4.04. The van der Waals surface area contributed by atoms with Gasteiger partial charge in [0.15, 0.2) is 18.9 Å². The van der Waals surface area contributed by atoms with E-state index in [1.165, 1.54) is 0 Å². The molecule has 3 heterocycles. The molecule has 3 aliphatic heterocycles. The summed E-state index contributed by atoms with van der Waals surface area (Å²) in [5, 5.41) is 109. The Labute approximate surface area is 192 Å². The lowest BCUT2D eigenvalue weighted by molar-refractivity contribution is -0.383. The van der Waals surface area contributed by atoms with Crippen molar-refractivity contribution >= 4 is 0 Å². The van der Waals surface area contributed by atoms with Gasteiger partial charge in [0.05, 0.1) is 19.8 Å². The second-order valence-corrected chi connectivity index (χ2v) is 8.33. The average molecular weight is 504 g/mol. The molecule has 16 heteroatoms. The zero-order valence-electron chi connectivity index (χ0n) is 17.7. The monoisotopic (exact) mass is 504 g/mol. The van der Waals surface area contributed by atoms with E-state index in [4.69, 9.17) is 23.7 Å². The summed E-state index contributed by atoms with van der Waals surface area (Å²) in [7, 11) is 0. The maximum absolute atomic E-state index is 10.5. The second-order valence-electron chi connectivity index (χ2n) is 8.33. The van der Waals surface area contributed by atoms with Crippen molar-refractivity contribution in [2.45, 2.75) is 92.1 Å². The highest BCUT2D eigenvalue weighted by atomic mass is 16.8. The standard InChI is InChI=1S/C18H32O16/c19-1-4-7(22)9(24)11(26)17(31-4)33-14-6(3-21)30-16(29)13(28)15(14)34-18-12(27)10(25)8(23)5(2-20)32-18/h4-29H,1-3H2/t4-,5-,6-,7+,8-,9+,10+,11-,12+,13+,14-,15-,16+,17+,18-/m1/s1. The maximum atomic E-state index is 10.5. The molecule has 0 aromatic carbocycles. The van der Waals surface area contributed by atoms with Crippen LogP contribution in [0.4, 0.5) is 0 Å². The summed E-state index contributed by atoms with van der Waals surface area (Å²) >= 11 is 0. The third-order valence-electron chi connectivity index (χ3n) is 6.09. The van der Waals surface area contributed by atoms with Gasteiger partial charge < -0.3 is 79.9 Å². The van der Waals surface area contributed by atoms with Crippen LogP contribution in [0.15, 0.2) is 0 Å². The van der Waals surface area contributed by atoms with Gasteiger partial charge in [0.25, 0.3) is 0 Å². The average Bonchev–Trinajstić information content (AvgIpc) is 2.83. The molecule has 0 saturated carbocycles. The Bertz CT molecular complexity index is 599. The summed E-state index contributed by atoms with van der Waals surface area (Å²) in [6.07, 6.45) is -25.6. The van der Waals surface area contributed by atoms with Crippen molar-refractivity contribution in [3.05, 3.63) is 0 Å². The van der Waals surface area contributed by atoms with E-state index < -0.39 is 112 Å². The molecule has 0 aliphatic carbocycles. The van der Waals surface area contributed by atoms with Crippen molar-refractivity contribution in [1.29, 1.82) is 0 Å². The maximum Gasteiger partial charge on any atom is 0.187 e. The normalized spacial score (nSPS) is 52.5. The number of ether oxygens (including phenoxy) is 5. The van der Waals surface area contributed by atoms with Crippen molar-refractivity contribution in [3.8, 4) is 0 Å². The van der Waals surface area contributed by atoms with Crippen LogP contribution in [0.3, 0.4) is 0 Å². The summed E-state index contributed by atoms with van der Waals surface area (Å²) in [4.78, 5) is 0. The fourth-order valence-electron chi connectivity index (χ4n) is 4.04. The molecular weight excluding hydrogens is 472 g/mol. The Morgan fingerprint density at radius 2 is 0.853 bits per heavy atom. The molecule has 3 fully saturated rings. The van der Waals surface area contributed by atoms with Gasteiger partial charge in [-0.2, -0.15) is 0 Å². The highest BCUT2D eigenvalue weighted by molar-refractivity contribution is 4.96. The molecule has 3 aliphatic rings. The van der Waals surface area contributed by atoms with E-state index in [-0.39, 0.29) is 0 Å². The molecule has 0 aromatic heterocycles. The highest BCUT2D eigenvalue weighted by Gasteiger charge is 2.53. The first-order valence-corrected chi connectivity index (χ1v) is 10.6. The van der Waals surface area contributed by atoms with Gasteiger partial charge in [0, 0.05) is 0 Å². The Morgan fingerprint density at radius 1 is 0.441 bits per heavy atom. The molecule has 15 atom stereocenters. The van der Waals surface area contributed by atoms with Crippen LogP contribution in [0.5, 0.6) is 0 Å². The van der Waals surface area contributed by atoms with Gasteiger partial charge in [-0.1, -0.05) is 0 Å². The molecule has 0 spiro atoms. The summed E-state index contributed by atoms with van der Waals surface area (Å²) in [5.74, 6) is 0. The summed E-state index contributed by atoms with van der Waals surface area (Å²) < 4.78 is 26.7. The minimum atomic E-state index is -1.93.